The van der Waals surface area contributed by atoms with Crippen molar-refractivity contribution >= 4 is 12.2 Å². The van der Waals surface area contributed by atoms with Crippen molar-refractivity contribution in [2.24, 2.45) is 0 Å². The van der Waals surface area contributed by atoms with Gasteiger partial charge in [-0.2, -0.15) is 0 Å². The van der Waals surface area contributed by atoms with Crippen molar-refractivity contribution in [3.63, 3.8) is 0 Å². The summed E-state index contributed by atoms with van der Waals surface area (Å²) in [5, 5.41) is 0. The van der Waals surface area contributed by atoms with E-state index >= 15 is 0 Å². The summed E-state index contributed by atoms with van der Waals surface area (Å²) in [4.78, 5) is 0. The third-order valence-electron chi connectivity index (χ3n) is 14.6. The van der Waals surface area contributed by atoms with Crippen LogP contribution in [0.25, 0.3) is 34.4 Å². The Kier molecular flexibility index (Phi) is 13.1. The molecule has 0 saturated carbocycles. The molecule has 4 aromatic carbocycles. The number of fused-ring (bicyclic) bond motifs is 2. The summed E-state index contributed by atoms with van der Waals surface area (Å²) < 4.78 is 4.25. The largest absolute Gasteiger partial charge is 1.00 e. The first-order valence-corrected chi connectivity index (χ1v) is 28.6. The summed E-state index contributed by atoms with van der Waals surface area (Å²) >= 11 is -2.99. The molecule has 1 heterocycles. The maximum Gasteiger partial charge on any atom is -1.00 e. The topological polar surface area (TPSA) is 0 Å². The standard InChI is InChI=1S/2C27H35.C2H4.2ClH.Zr/c2*1-10-19-12-23-18(3)17(2)11-24(25(23)13-19)20-14-21(26(4,5)6)16-22(15-20)27(7,8)9;1-2;;;/h2*11-16H,10H2,1-9H3;1-2H2;2*1H;/q;;;;;+2/p-2. The normalized spacial score (nSPS) is 17.9. The molecule has 0 aromatic heterocycles. The van der Waals surface area contributed by atoms with Crippen LogP contribution in [0.1, 0.15) is 184 Å². The summed E-state index contributed by atoms with van der Waals surface area (Å²) in [6.07, 6.45) is 7.71. The molecule has 59 heavy (non-hydrogen) atoms. The number of aryl methyl sites for hydroxylation is 2. The Labute approximate surface area is 377 Å². The van der Waals surface area contributed by atoms with Crippen molar-refractivity contribution in [1.82, 2.24) is 0 Å². The van der Waals surface area contributed by atoms with E-state index in [1.54, 1.807) is 44.5 Å². The van der Waals surface area contributed by atoms with Crippen molar-refractivity contribution in [2.45, 2.75) is 175 Å². The second kappa shape index (κ2) is 16.2. The zero-order valence-corrected chi connectivity index (χ0v) is 44.0. The molecular formula is C56H74Cl2Zr. The monoisotopic (exact) mass is 906 g/mol. The van der Waals surface area contributed by atoms with Crippen LogP contribution in [0, 0.1) is 27.7 Å². The average molecular weight is 909 g/mol. The van der Waals surface area contributed by atoms with Gasteiger partial charge < -0.3 is 24.8 Å². The van der Waals surface area contributed by atoms with E-state index in [2.05, 4.69) is 185 Å². The molecule has 0 bridgehead atoms. The smallest absolute Gasteiger partial charge is 1.00 e. The Hall–Kier alpha value is -2.18. The molecule has 2 atom stereocenters. The first kappa shape index (κ1) is 47.9. The molecule has 3 heteroatoms. The fraction of sp³-hybridized carbons (Fsp3) is 0.500. The van der Waals surface area contributed by atoms with Gasteiger partial charge in [-0.05, 0) is 0 Å². The molecular weight excluding hydrogens is 835 g/mol. The molecule has 2 unspecified atom stereocenters. The van der Waals surface area contributed by atoms with Gasteiger partial charge in [0.25, 0.3) is 0 Å². The summed E-state index contributed by atoms with van der Waals surface area (Å²) in [7, 11) is 0. The van der Waals surface area contributed by atoms with E-state index in [0.717, 1.165) is 12.8 Å². The average Bonchev–Trinajstić information content (AvgIpc) is 3.64. The van der Waals surface area contributed by atoms with E-state index < -0.39 is 20.3 Å². The van der Waals surface area contributed by atoms with Gasteiger partial charge in [-0.3, -0.25) is 0 Å². The summed E-state index contributed by atoms with van der Waals surface area (Å²) in [6.45, 7) is 43.1. The molecule has 0 nitrogen and oxygen atoms in total. The molecule has 7 rings (SSSR count). The fourth-order valence-electron chi connectivity index (χ4n) is 10.5. The van der Waals surface area contributed by atoms with Crippen molar-refractivity contribution < 1.29 is 45.1 Å². The minimum atomic E-state index is -2.99. The van der Waals surface area contributed by atoms with Crippen LogP contribution < -0.4 is 24.8 Å². The first-order valence-electron chi connectivity index (χ1n) is 22.3. The van der Waals surface area contributed by atoms with Gasteiger partial charge in [-0.1, -0.05) is 0 Å². The van der Waals surface area contributed by atoms with Crippen LogP contribution in [0.2, 0.25) is 8.26 Å². The van der Waals surface area contributed by atoms with Crippen molar-refractivity contribution in [2.75, 3.05) is 0 Å². The number of allylic oxidation sites excluding steroid dienone is 2. The predicted molar refractivity (Wildman–Crippen MR) is 249 cm³/mol. The van der Waals surface area contributed by atoms with Crippen LogP contribution >= 0.6 is 0 Å². The minimum absolute atomic E-state index is 0. The van der Waals surface area contributed by atoms with Gasteiger partial charge in [0, 0.05) is 0 Å². The summed E-state index contributed by atoms with van der Waals surface area (Å²) in [5.41, 5.74) is 27.8. The summed E-state index contributed by atoms with van der Waals surface area (Å²) in [5.74, 6) is 0. The molecule has 0 N–H and O–H groups in total. The fourth-order valence-corrected chi connectivity index (χ4v) is 28.7. The van der Waals surface area contributed by atoms with E-state index in [1.807, 2.05) is 0 Å². The zero-order valence-electron chi connectivity index (χ0n) is 40.0. The van der Waals surface area contributed by atoms with E-state index in [4.69, 9.17) is 0 Å². The maximum atomic E-state index is 2.71. The third-order valence-corrected chi connectivity index (χ3v) is 27.6. The summed E-state index contributed by atoms with van der Waals surface area (Å²) in [6, 6.07) is 20.2. The second-order valence-electron chi connectivity index (χ2n) is 22.7. The number of hydrogen-bond acceptors (Lipinski definition) is 0. The van der Waals surface area contributed by atoms with Gasteiger partial charge in [0.1, 0.15) is 0 Å². The Morgan fingerprint density at radius 2 is 0.746 bits per heavy atom. The molecule has 1 saturated heterocycles. The molecule has 3 aliphatic rings. The van der Waals surface area contributed by atoms with E-state index in [-0.39, 0.29) is 46.5 Å². The Balaban J connectivity index is 0.00000331. The van der Waals surface area contributed by atoms with E-state index in [9.17, 15) is 0 Å². The van der Waals surface area contributed by atoms with Crippen LogP contribution in [0.4, 0.5) is 0 Å². The van der Waals surface area contributed by atoms with Crippen molar-refractivity contribution in [1.29, 1.82) is 0 Å². The van der Waals surface area contributed by atoms with Gasteiger partial charge in [-0.15, -0.1) is 0 Å². The third kappa shape index (κ3) is 8.39. The van der Waals surface area contributed by atoms with E-state index in [0.29, 0.717) is 7.25 Å². The number of rotatable bonds is 6. The SMILES string of the molecule is CCC1=Cc2c(-c3cc(C(C)(C)C)cc(C(C)(C)C)c3)cc(C)c(C)c2[CH]1[Zr+2]1([CH]2C(CC)=Cc3c(-c4cc(C(C)(C)C)cc(C(C)(C)C)c4)cc(C)c(C)c32)[CH2][CH2]1.[Cl-].[Cl-]. The quantitative estimate of drug-likeness (QED) is 0.181. The van der Waals surface area contributed by atoms with Crippen molar-refractivity contribution in [3.05, 3.63) is 126 Å². The molecule has 1 fully saturated rings. The predicted octanol–water partition coefficient (Wildman–Crippen LogP) is 10.9. The molecule has 4 aromatic rings. The molecule has 1 aliphatic heterocycles. The Bertz CT molecular complexity index is 2120. The van der Waals surface area contributed by atoms with Crippen LogP contribution in [-0.2, 0) is 41.9 Å². The van der Waals surface area contributed by atoms with Crippen LogP contribution in [0.3, 0.4) is 0 Å². The number of halogens is 2. The first-order chi connectivity index (χ1) is 26.3. The van der Waals surface area contributed by atoms with Gasteiger partial charge in [0.05, 0.1) is 0 Å². The zero-order chi connectivity index (χ0) is 41.9. The van der Waals surface area contributed by atoms with Crippen LogP contribution in [0.5, 0.6) is 0 Å². The number of benzene rings is 4. The molecule has 2 aliphatic carbocycles. The molecule has 0 amide bonds. The Morgan fingerprint density at radius 1 is 0.458 bits per heavy atom. The van der Waals surface area contributed by atoms with Gasteiger partial charge in [0.15, 0.2) is 0 Å². The van der Waals surface area contributed by atoms with E-state index in [1.165, 1.54) is 63.9 Å². The molecule has 0 spiro atoms. The van der Waals surface area contributed by atoms with Crippen molar-refractivity contribution in [3.8, 4) is 22.3 Å². The van der Waals surface area contributed by atoms with Crippen LogP contribution in [0.15, 0.2) is 59.7 Å². The van der Waals surface area contributed by atoms with Crippen LogP contribution in [-0.4, -0.2) is 0 Å². The number of hydrogen-bond donors (Lipinski definition) is 0. The molecule has 0 radical (unpaired) electrons. The second-order valence-corrected chi connectivity index (χ2v) is 34.1. The minimum Gasteiger partial charge on any atom is -1.00 e. The Morgan fingerprint density at radius 3 is 0.983 bits per heavy atom. The maximum absolute atomic E-state index is 2.99. The van der Waals surface area contributed by atoms with Gasteiger partial charge in [-0.25, -0.2) is 0 Å². The molecule has 316 valence electrons. The van der Waals surface area contributed by atoms with Gasteiger partial charge >= 0.3 is 356 Å². The van der Waals surface area contributed by atoms with Gasteiger partial charge in [0.2, 0.25) is 0 Å².